The predicted octanol–water partition coefficient (Wildman–Crippen LogP) is 3.80. The fourth-order valence-corrected chi connectivity index (χ4v) is 3.89. The first-order valence-electron chi connectivity index (χ1n) is 9.06. The van der Waals surface area contributed by atoms with Gasteiger partial charge in [0.2, 0.25) is 5.91 Å². The second kappa shape index (κ2) is 9.22. The summed E-state index contributed by atoms with van der Waals surface area (Å²) in [7, 11) is 0. The summed E-state index contributed by atoms with van der Waals surface area (Å²) in [6, 6.07) is 7.98. The summed E-state index contributed by atoms with van der Waals surface area (Å²) in [6.45, 7) is 8.72. The fourth-order valence-electron chi connectivity index (χ4n) is 3.26. The Labute approximate surface area is 158 Å². The molecule has 1 aromatic rings. The molecule has 0 bridgehead atoms. The van der Waals surface area contributed by atoms with Crippen LogP contribution in [-0.4, -0.2) is 47.9 Å². The zero-order chi connectivity index (χ0) is 18.4. The van der Waals surface area contributed by atoms with Gasteiger partial charge in [-0.05, 0) is 45.2 Å². The maximum absolute atomic E-state index is 12.6. The van der Waals surface area contributed by atoms with Gasteiger partial charge < -0.3 is 15.1 Å². The van der Waals surface area contributed by atoms with E-state index in [1.165, 1.54) is 0 Å². The molecule has 1 fully saturated rings. The molecule has 0 aromatic heterocycles. The molecule has 1 atom stereocenters. The van der Waals surface area contributed by atoms with Crippen LogP contribution in [0.2, 0.25) is 0 Å². The van der Waals surface area contributed by atoms with Crippen LogP contribution in [0.15, 0.2) is 28.7 Å². The van der Waals surface area contributed by atoms with Gasteiger partial charge in [-0.25, -0.2) is 4.79 Å². The molecule has 0 aliphatic carbocycles. The molecule has 25 heavy (non-hydrogen) atoms. The molecule has 6 heteroatoms. The van der Waals surface area contributed by atoms with Crippen molar-refractivity contribution < 1.29 is 9.59 Å². The number of halogens is 1. The monoisotopic (exact) mass is 409 g/mol. The summed E-state index contributed by atoms with van der Waals surface area (Å²) in [4.78, 5) is 28.7. The molecular weight excluding hydrogens is 382 g/mol. The van der Waals surface area contributed by atoms with Crippen molar-refractivity contribution in [3.05, 3.63) is 34.3 Å². The average molecular weight is 410 g/mol. The van der Waals surface area contributed by atoms with E-state index >= 15 is 0 Å². The highest BCUT2D eigenvalue weighted by atomic mass is 79.9. The number of hydrogen-bond acceptors (Lipinski definition) is 2. The van der Waals surface area contributed by atoms with Crippen LogP contribution in [0.25, 0.3) is 0 Å². The van der Waals surface area contributed by atoms with E-state index in [-0.39, 0.29) is 23.9 Å². The van der Waals surface area contributed by atoms with E-state index in [2.05, 4.69) is 21.2 Å². The summed E-state index contributed by atoms with van der Waals surface area (Å²) in [5, 5.41) is 3.11. The Hall–Kier alpha value is -1.56. The van der Waals surface area contributed by atoms with Crippen LogP contribution in [0.3, 0.4) is 0 Å². The Balaban J connectivity index is 1.87. The standard InChI is InChI=1S/C19H28BrN3O2/c1-4-22(5-2)19(25)23-12-10-15(11-13-23)18(24)21-14(3)16-8-6-7-9-17(16)20/h6-9,14-15H,4-5,10-13H2,1-3H3,(H,21,24). The molecule has 1 aliphatic heterocycles. The van der Waals surface area contributed by atoms with E-state index in [4.69, 9.17) is 0 Å². The van der Waals surface area contributed by atoms with E-state index in [0.29, 0.717) is 13.1 Å². The van der Waals surface area contributed by atoms with E-state index in [1.807, 2.05) is 54.8 Å². The third kappa shape index (κ3) is 4.97. The van der Waals surface area contributed by atoms with Crippen molar-refractivity contribution in [2.24, 2.45) is 5.92 Å². The first kappa shape index (κ1) is 19.8. The van der Waals surface area contributed by atoms with E-state index in [9.17, 15) is 9.59 Å². The maximum Gasteiger partial charge on any atom is 0.319 e. The van der Waals surface area contributed by atoms with Gasteiger partial charge in [0.15, 0.2) is 0 Å². The number of piperidine rings is 1. The molecule has 0 spiro atoms. The molecule has 3 amide bonds. The summed E-state index contributed by atoms with van der Waals surface area (Å²) in [5.41, 5.74) is 1.07. The molecule has 0 saturated carbocycles. The van der Waals surface area contributed by atoms with Crippen LogP contribution in [-0.2, 0) is 4.79 Å². The number of hydrogen-bond donors (Lipinski definition) is 1. The first-order valence-corrected chi connectivity index (χ1v) is 9.85. The third-order valence-corrected chi connectivity index (χ3v) is 5.62. The van der Waals surface area contributed by atoms with Gasteiger partial charge in [0.25, 0.3) is 0 Å². The Kier molecular flexibility index (Phi) is 7.29. The molecule has 138 valence electrons. The number of rotatable bonds is 5. The van der Waals surface area contributed by atoms with Crippen molar-refractivity contribution in [3.63, 3.8) is 0 Å². The number of amides is 3. The van der Waals surface area contributed by atoms with Crippen LogP contribution < -0.4 is 5.32 Å². The number of nitrogens with zero attached hydrogens (tertiary/aromatic N) is 2. The molecule has 5 nitrogen and oxygen atoms in total. The molecule has 1 unspecified atom stereocenters. The van der Waals surface area contributed by atoms with Crippen LogP contribution in [0.4, 0.5) is 4.79 Å². The second-order valence-corrected chi connectivity index (χ2v) is 7.32. The summed E-state index contributed by atoms with van der Waals surface area (Å²) >= 11 is 3.53. The van der Waals surface area contributed by atoms with Crippen molar-refractivity contribution in [3.8, 4) is 0 Å². The van der Waals surface area contributed by atoms with Gasteiger partial charge in [-0.1, -0.05) is 34.1 Å². The summed E-state index contributed by atoms with van der Waals surface area (Å²) in [6.07, 6.45) is 1.45. The van der Waals surface area contributed by atoms with Gasteiger partial charge in [0.1, 0.15) is 0 Å². The minimum absolute atomic E-state index is 0.0225. The largest absolute Gasteiger partial charge is 0.349 e. The van der Waals surface area contributed by atoms with Crippen LogP contribution in [0.5, 0.6) is 0 Å². The molecule has 1 N–H and O–H groups in total. The lowest BCUT2D eigenvalue weighted by Crippen LogP contribution is -2.48. The normalized spacial score (nSPS) is 16.4. The lowest BCUT2D eigenvalue weighted by Gasteiger charge is -2.35. The number of likely N-dealkylation sites (tertiary alicyclic amines) is 1. The Morgan fingerprint density at radius 2 is 1.84 bits per heavy atom. The van der Waals surface area contributed by atoms with Crippen molar-refractivity contribution in [2.45, 2.75) is 39.7 Å². The van der Waals surface area contributed by atoms with E-state index in [1.54, 1.807) is 0 Å². The number of nitrogens with one attached hydrogen (secondary N) is 1. The van der Waals surface area contributed by atoms with E-state index < -0.39 is 0 Å². The molecule has 0 radical (unpaired) electrons. The quantitative estimate of drug-likeness (QED) is 0.803. The Morgan fingerprint density at radius 1 is 1.24 bits per heavy atom. The topological polar surface area (TPSA) is 52.7 Å². The van der Waals surface area contributed by atoms with Gasteiger partial charge in [-0.3, -0.25) is 4.79 Å². The predicted molar refractivity (Wildman–Crippen MR) is 103 cm³/mol. The highest BCUT2D eigenvalue weighted by Crippen LogP contribution is 2.24. The summed E-state index contributed by atoms with van der Waals surface area (Å²) < 4.78 is 1.00. The molecule has 1 aliphatic rings. The van der Waals surface area contributed by atoms with Gasteiger partial charge >= 0.3 is 6.03 Å². The zero-order valence-corrected chi connectivity index (χ0v) is 16.9. The zero-order valence-electron chi connectivity index (χ0n) is 15.3. The first-order chi connectivity index (χ1) is 12.0. The average Bonchev–Trinajstić information content (AvgIpc) is 2.63. The highest BCUT2D eigenvalue weighted by Gasteiger charge is 2.29. The van der Waals surface area contributed by atoms with Crippen molar-refractivity contribution in [2.75, 3.05) is 26.2 Å². The van der Waals surface area contributed by atoms with Gasteiger partial charge in [0, 0.05) is 36.6 Å². The SMILES string of the molecule is CCN(CC)C(=O)N1CCC(C(=O)NC(C)c2ccccc2Br)CC1. The molecule has 2 rings (SSSR count). The third-order valence-electron chi connectivity index (χ3n) is 4.90. The Morgan fingerprint density at radius 3 is 2.40 bits per heavy atom. The number of carbonyl (C=O) groups excluding carboxylic acids is 2. The molecule has 1 heterocycles. The van der Waals surface area contributed by atoms with Crippen LogP contribution in [0, 0.1) is 5.92 Å². The van der Waals surface area contributed by atoms with E-state index in [0.717, 1.165) is 36.0 Å². The number of benzene rings is 1. The molecule has 1 saturated heterocycles. The lowest BCUT2D eigenvalue weighted by molar-refractivity contribution is -0.127. The van der Waals surface area contributed by atoms with Gasteiger partial charge in [0.05, 0.1) is 6.04 Å². The van der Waals surface area contributed by atoms with Gasteiger partial charge in [-0.2, -0.15) is 0 Å². The maximum atomic E-state index is 12.6. The minimum atomic E-state index is -0.0431. The molecular formula is C19H28BrN3O2. The van der Waals surface area contributed by atoms with Crippen molar-refractivity contribution in [1.29, 1.82) is 0 Å². The fraction of sp³-hybridized carbons (Fsp3) is 0.579. The van der Waals surface area contributed by atoms with Gasteiger partial charge in [-0.15, -0.1) is 0 Å². The summed E-state index contributed by atoms with van der Waals surface area (Å²) in [5.74, 6) is 0.0592. The Bertz CT molecular complexity index is 596. The van der Waals surface area contributed by atoms with Crippen LogP contribution in [0.1, 0.15) is 45.2 Å². The van der Waals surface area contributed by atoms with Crippen LogP contribution >= 0.6 is 15.9 Å². The number of urea groups is 1. The van der Waals surface area contributed by atoms with Crippen molar-refractivity contribution >= 4 is 27.9 Å². The lowest BCUT2D eigenvalue weighted by atomic mass is 9.95. The second-order valence-electron chi connectivity index (χ2n) is 6.47. The van der Waals surface area contributed by atoms with Crippen molar-refractivity contribution in [1.82, 2.24) is 15.1 Å². The molecule has 1 aromatic carbocycles. The smallest absolute Gasteiger partial charge is 0.319 e. The minimum Gasteiger partial charge on any atom is -0.349 e. The number of carbonyl (C=O) groups is 2. The highest BCUT2D eigenvalue weighted by molar-refractivity contribution is 9.10.